The van der Waals surface area contributed by atoms with Crippen LogP contribution in [0.1, 0.15) is 24.0 Å². The van der Waals surface area contributed by atoms with Crippen molar-refractivity contribution in [3.05, 3.63) is 59.7 Å². The standard InChI is InChI=1S/C12H17N.C11H14N2O2/c1-2-6-12(7-3-1)8-11-13-9-4-5-10-13;1-12-10(14)7-15-9-4-2-3-8-5-6-13-11(8)9/h1-3,6-7H,4-5,8-11H2;2-4,13H,5-7H2,1H3,(H,12,14). The number of hydrogen-bond donors (Lipinski definition) is 2. The van der Waals surface area contributed by atoms with E-state index in [1.165, 1.54) is 50.0 Å². The van der Waals surface area contributed by atoms with E-state index in [-0.39, 0.29) is 12.5 Å². The second kappa shape index (κ2) is 10.7. The molecule has 2 aromatic carbocycles. The third-order valence-corrected chi connectivity index (χ3v) is 5.20. The lowest BCUT2D eigenvalue weighted by atomic mass is 10.1. The maximum atomic E-state index is 11.0. The zero-order valence-corrected chi connectivity index (χ0v) is 16.7. The second-order valence-corrected chi connectivity index (χ2v) is 7.21. The van der Waals surface area contributed by atoms with Gasteiger partial charge in [-0.25, -0.2) is 0 Å². The number of fused-ring (bicyclic) bond motifs is 1. The van der Waals surface area contributed by atoms with Crippen molar-refractivity contribution in [2.24, 2.45) is 0 Å². The fourth-order valence-electron chi connectivity index (χ4n) is 3.58. The van der Waals surface area contributed by atoms with Crippen molar-refractivity contribution in [1.29, 1.82) is 0 Å². The molecule has 0 bridgehead atoms. The molecule has 0 spiro atoms. The number of rotatable bonds is 6. The van der Waals surface area contributed by atoms with Crippen LogP contribution in [0.4, 0.5) is 5.69 Å². The Hall–Kier alpha value is -2.53. The van der Waals surface area contributed by atoms with E-state index in [0.717, 1.165) is 24.4 Å². The third kappa shape index (κ3) is 5.99. The number of amides is 1. The van der Waals surface area contributed by atoms with E-state index in [1.807, 2.05) is 12.1 Å². The predicted octanol–water partition coefficient (Wildman–Crippen LogP) is 3.10. The Kier molecular flexibility index (Phi) is 7.73. The number of carbonyl (C=O) groups excluding carboxylic acids is 1. The van der Waals surface area contributed by atoms with Crippen LogP contribution in [0.5, 0.6) is 5.75 Å². The number of para-hydroxylation sites is 1. The quantitative estimate of drug-likeness (QED) is 0.807. The molecule has 0 saturated carbocycles. The Morgan fingerprint density at radius 3 is 2.64 bits per heavy atom. The lowest BCUT2D eigenvalue weighted by Crippen LogP contribution is -2.25. The first-order chi connectivity index (χ1) is 13.8. The SMILES string of the molecule is CNC(=O)COc1cccc2c1NCC2.c1ccc(CCN2CCCC2)cc1. The van der Waals surface area contributed by atoms with Gasteiger partial charge >= 0.3 is 0 Å². The van der Waals surface area contributed by atoms with Crippen LogP contribution in [0.3, 0.4) is 0 Å². The molecule has 0 unspecified atom stereocenters. The monoisotopic (exact) mass is 381 g/mol. The number of likely N-dealkylation sites (tertiary alicyclic amines) is 1. The molecule has 0 aromatic heterocycles. The van der Waals surface area contributed by atoms with Crippen LogP contribution in [0.15, 0.2) is 48.5 Å². The van der Waals surface area contributed by atoms with Gasteiger partial charge in [-0.05, 0) is 56.0 Å². The van der Waals surface area contributed by atoms with Gasteiger partial charge in [0, 0.05) is 20.1 Å². The average Bonchev–Trinajstić information content (AvgIpc) is 3.43. The molecular formula is C23H31N3O2. The number of likely N-dealkylation sites (N-methyl/N-ethyl adjacent to an activating group) is 1. The molecular weight excluding hydrogens is 350 g/mol. The summed E-state index contributed by atoms with van der Waals surface area (Å²) in [4.78, 5) is 13.6. The van der Waals surface area contributed by atoms with Crippen LogP contribution in [0.25, 0.3) is 0 Å². The summed E-state index contributed by atoms with van der Waals surface area (Å²) in [6.45, 7) is 4.87. The molecule has 4 rings (SSSR count). The minimum absolute atomic E-state index is 0.0641. The Labute approximate surface area is 168 Å². The highest BCUT2D eigenvalue weighted by molar-refractivity contribution is 5.77. The lowest BCUT2D eigenvalue weighted by Gasteiger charge is -2.13. The van der Waals surface area contributed by atoms with Gasteiger partial charge in [-0.1, -0.05) is 42.5 Å². The first kappa shape index (κ1) is 20.2. The van der Waals surface area contributed by atoms with Crippen LogP contribution < -0.4 is 15.4 Å². The zero-order chi connectivity index (χ0) is 19.6. The van der Waals surface area contributed by atoms with E-state index >= 15 is 0 Å². The Morgan fingerprint density at radius 1 is 1.11 bits per heavy atom. The molecule has 2 N–H and O–H groups in total. The van der Waals surface area contributed by atoms with E-state index in [2.05, 4.69) is 51.9 Å². The van der Waals surface area contributed by atoms with E-state index in [4.69, 9.17) is 4.74 Å². The molecule has 2 heterocycles. The number of carbonyl (C=O) groups is 1. The van der Waals surface area contributed by atoms with Crippen molar-refractivity contribution >= 4 is 11.6 Å². The van der Waals surface area contributed by atoms with Crippen LogP contribution in [0.2, 0.25) is 0 Å². The number of nitrogens with one attached hydrogen (secondary N) is 2. The van der Waals surface area contributed by atoms with Gasteiger partial charge in [0.25, 0.3) is 5.91 Å². The molecule has 0 radical (unpaired) electrons. The Bertz CT molecular complexity index is 743. The van der Waals surface area contributed by atoms with Crippen molar-refractivity contribution in [2.45, 2.75) is 25.7 Å². The molecule has 150 valence electrons. The van der Waals surface area contributed by atoms with Crippen LogP contribution in [-0.4, -0.2) is 50.6 Å². The molecule has 1 saturated heterocycles. The summed E-state index contributed by atoms with van der Waals surface area (Å²) in [5.41, 5.74) is 3.75. The van der Waals surface area contributed by atoms with Crippen molar-refractivity contribution < 1.29 is 9.53 Å². The molecule has 1 amide bonds. The Balaban J connectivity index is 0.000000162. The molecule has 2 aromatic rings. The smallest absolute Gasteiger partial charge is 0.257 e. The van der Waals surface area contributed by atoms with Gasteiger partial charge in [0.05, 0.1) is 5.69 Å². The van der Waals surface area contributed by atoms with E-state index in [9.17, 15) is 4.79 Å². The lowest BCUT2D eigenvalue weighted by molar-refractivity contribution is -0.122. The van der Waals surface area contributed by atoms with Crippen LogP contribution in [0, 0.1) is 0 Å². The second-order valence-electron chi connectivity index (χ2n) is 7.21. The van der Waals surface area contributed by atoms with Crippen LogP contribution in [-0.2, 0) is 17.6 Å². The summed E-state index contributed by atoms with van der Waals surface area (Å²) >= 11 is 0. The van der Waals surface area contributed by atoms with E-state index in [0.29, 0.717) is 0 Å². The molecule has 0 atom stereocenters. The van der Waals surface area contributed by atoms with Gasteiger partial charge in [-0.15, -0.1) is 0 Å². The Morgan fingerprint density at radius 2 is 1.89 bits per heavy atom. The highest BCUT2D eigenvalue weighted by Gasteiger charge is 2.15. The minimum atomic E-state index is -0.120. The summed E-state index contributed by atoms with van der Waals surface area (Å²) in [7, 11) is 1.60. The zero-order valence-electron chi connectivity index (χ0n) is 16.7. The van der Waals surface area contributed by atoms with Crippen molar-refractivity contribution in [3.8, 4) is 5.75 Å². The molecule has 28 heavy (non-hydrogen) atoms. The first-order valence-corrected chi connectivity index (χ1v) is 10.2. The summed E-state index contributed by atoms with van der Waals surface area (Å²) in [5.74, 6) is 0.638. The fourth-order valence-corrected chi connectivity index (χ4v) is 3.58. The number of ether oxygens (including phenoxy) is 1. The van der Waals surface area contributed by atoms with Gasteiger partial charge in [0.2, 0.25) is 0 Å². The van der Waals surface area contributed by atoms with Crippen molar-refractivity contribution in [3.63, 3.8) is 0 Å². The predicted molar refractivity (Wildman–Crippen MR) is 114 cm³/mol. The highest BCUT2D eigenvalue weighted by atomic mass is 16.5. The maximum absolute atomic E-state index is 11.0. The van der Waals surface area contributed by atoms with Gasteiger partial charge in [-0.3, -0.25) is 4.79 Å². The van der Waals surface area contributed by atoms with Crippen molar-refractivity contribution in [1.82, 2.24) is 10.2 Å². The highest BCUT2D eigenvalue weighted by Crippen LogP contribution is 2.32. The first-order valence-electron chi connectivity index (χ1n) is 10.2. The number of hydrogen-bond acceptors (Lipinski definition) is 4. The van der Waals surface area contributed by atoms with Gasteiger partial charge in [0.15, 0.2) is 6.61 Å². The van der Waals surface area contributed by atoms with E-state index < -0.39 is 0 Å². The van der Waals surface area contributed by atoms with E-state index in [1.54, 1.807) is 7.05 Å². The molecule has 2 aliphatic heterocycles. The molecule has 2 aliphatic rings. The summed E-state index contributed by atoms with van der Waals surface area (Å²) in [6.07, 6.45) is 5.02. The summed E-state index contributed by atoms with van der Waals surface area (Å²) < 4.78 is 5.43. The van der Waals surface area contributed by atoms with Gasteiger partial charge in [-0.2, -0.15) is 0 Å². The largest absolute Gasteiger partial charge is 0.482 e. The normalized spacial score (nSPS) is 15.2. The number of anilines is 1. The number of benzene rings is 2. The fraction of sp³-hybridized carbons (Fsp3) is 0.435. The summed E-state index contributed by atoms with van der Waals surface area (Å²) in [6, 6.07) is 16.7. The average molecular weight is 382 g/mol. The van der Waals surface area contributed by atoms with Gasteiger partial charge in [0.1, 0.15) is 5.75 Å². The third-order valence-electron chi connectivity index (χ3n) is 5.20. The molecule has 5 nitrogen and oxygen atoms in total. The van der Waals surface area contributed by atoms with Crippen LogP contribution >= 0.6 is 0 Å². The topological polar surface area (TPSA) is 53.6 Å². The van der Waals surface area contributed by atoms with Gasteiger partial charge < -0.3 is 20.3 Å². The molecule has 5 heteroatoms. The molecule has 0 aliphatic carbocycles. The minimum Gasteiger partial charge on any atom is -0.482 e. The number of nitrogens with zero attached hydrogens (tertiary/aromatic N) is 1. The molecule has 1 fully saturated rings. The maximum Gasteiger partial charge on any atom is 0.257 e. The summed E-state index contributed by atoms with van der Waals surface area (Å²) in [5, 5.41) is 5.77. The van der Waals surface area contributed by atoms with Crippen molar-refractivity contribution in [2.75, 3.05) is 45.2 Å².